The van der Waals surface area contributed by atoms with Crippen LogP contribution in [0.5, 0.6) is 0 Å². The normalized spacial score (nSPS) is 28.6. The zero-order valence-corrected chi connectivity index (χ0v) is 15.1. The molecule has 0 bridgehead atoms. The van der Waals surface area contributed by atoms with E-state index in [0.29, 0.717) is 13.1 Å². The summed E-state index contributed by atoms with van der Waals surface area (Å²) in [6, 6.07) is 5.70. The number of nitrogens with zero attached hydrogens (tertiary/aromatic N) is 1. The number of hydrogen-bond donors (Lipinski definition) is 3. The minimum absolute atomic E-state index is 0.0403. The van der Waals surface area contributed by atoms with Crippen LogP contribution in [0.1, 0.15) is 42.6 Å². The number of urea groups is 1. The van der Waals surface area contributed by atoms with Crippen LogP contribution in [0.15, 0.2) is 18.2 Å². The van der Waals surface area contributed by atoms with Gasteiger partial charge in [0.15, 0.2) is 0 Å². The quantitative estimate of drug-likeness (QED) is 0.725. The highest BCUT2D eigenvalue weighted by atomic mass is 16.3. The van der Waals surface area contributed by atoms with Crippen LogP contribution in [-0.4, -0.2) is 47.1 Å². The Morgan fingerprint density at radius 3 is 2.80 bits per heavy atom. The zero-order chi connectivity index (χ0) is 18.2. The summed E-state index contributed by atoms with van der Waals surface area (Å²) in [5.74, 6) is -0.210. The molecule has 0 saturated carbocycles. The summed E-state index contributed by atoms with van der Waals surface area (Å²) < 4.78 is 0. The van der Waals surface area contributed by atoms with Gasteiger partial charge in [0.25, 0.3) is 5.91 Å². The predicted octanol–water partition coefficient (Wildman–Crippen LogP) is 1.65. The lowest BCUT2D eigenvalue weighted by Gasteiger charge is -2.40. The molecule has 136 valence electrons. The fourth-order valence-corrected chi connectivity index (χ4v) is 4.00. The minimum Gasteiger partial charge on any atom is -0.387 e. The summed E-state index contributed by atoms with van der Waals surface area (Å²) in [5.41, 5.74) is 2.32. The van der Waals surface area contributed by atoms with Crippen molar-refractivity contribution in [2.45, 2.75) is 45.3 Å². The highest BCUT2D eigenvalue weighted by Gasteiger charge is 2.48. The lowest BCUT2D eigenvalue weighted by molar-refractivity contribution is -0.126. The Hall–Kier alpha value is -1.92. The number of benzene rings is 1. The van der Waals surface area contributed by atoms with Crippen molar-refractivity contribution >= 4 is 11.9 Å². The molecule has 6 nitrogen and oxygen atoms in total. The van der Waals surface area contributed by atoms with E-state index < -0.39 is 17.7 Å². The van der Waals surface area contributed by atoms with Crippen LogP contribution in [0.4, 0.5) is 4.79 Å². The fraction of sp³-hybridized carbons (Fsp3) is 0.579. The van der Waals surface area contributed by atoms with Crippen molar-refractivity contribution in [3.05, 3.63) is 34.9 Å². The molecule has 0 aromatic heterocycles. The SMILES string of the molecule is Cc1ccc(C)c([C@H](O)CN2CCC[C@H]([C@]3(C)NC(=O)NC3=O)C2)c1. The van der Waals surface area contributed by atoms with Gasteiger partial charge in [-0.25, -0.2) is 4.79 Å². The number of carbonyl (C=O) groups is 2. The van der Waals surface area contributed by atoms with Crippen molar-refractivity contribution in [3.63, 3.8) is 0 Å². The number of aliphatic hydroxyl groups excluding tert-OH is 1. The Morgan fingerprint density at radius 1 is 1.36 bits per heavy atom. The number of likely N-dealkylation sites (tertiary alicyclic amines) is 1. The van der Waals surface area contributed by atoms with E-state index in [4.69, 9.17) is 0 Å². The number of aryl methyl sites for hydroxylation is 2. The van der Waals surface area contributed by atoms with Gasteiger partial charge in [-0.3, -0.25) is 10.1 Å². The van der Waals surface area contributed by atoms with Crippen LogP contribution in [-0.2, 0) is 4.79 Å². The smallest absolute Gasteiger partial charge is 0.322 e. The molecule has 2 aliphatic rings. The maximum Gasteiger partial charge on any atom is 0.322 e. The second-order valence-electron chi connectivity index (χ2n) is 7.59. The summed E-state index contributed by atoms with van der Waals surface area (Å²) in [4.78, 5) is 25.9. The van der Waals surface area contributed by atoms with E-state index in [1.54, 1.807) is 6.92 Å². The Labute approximate surface area is 148 Å². The second-order valence-corrected chi connectivity index (χ2v) is 7.59. The van der Waals surface area contributed by atoms with E-state index in [-0.39, 0.29) is 11.8 Å². The minimum atomic E-state index is -0.861. The maximum atomic E-state index is 12.2. The fourth-order valence-electron chi connectivity index (χ4n) is 4.00. The third kappa shape index (κ3) is 3.55. The van der Waals surface area contributed by atoms with Crippen LogP contribution in [0, 0.1) is 19.8 Å². The van der Waals surface area contributed by atoms with E-state index in [2.05, 4.69) is 15.5 Å². The number of nitrogens with one attached hydrogen (secondary N) is 2. The standard InChI is InChI=1S/C19H27N3O3/c1-12-6-7-13(2)15(9-12)16(23)11-22-8-4-5-14(10-22)19(3)17(24)20-18(25)21-19/h6-7,9,14,16,23H,4-5,8,10-11H2,1-3H3,(H2,20,21,24,25)/t14-,16+,19-/m0/s1. The maximum absolute atomic E-state index is 12.2. The molecule has 0 aliphatic carbocycles. The molecule has 2 fully saturated rings. The molecule has 2 aliphatic heterocycles. The molecule has 3 amide bonds. The third-order valence-corrected chi connectivity index (χ3v) is 5.62. The first-order chi connectivity index (χ1) is 11.8. The highest BCUT2D eigenvalue weighted by Crippen LogP contribution is 2.31. The van der Waals surface area contributed by atoms with E-state index in [1.807, 2.05) is 32.0 Å². The summed E-state index contributed by atoms with van der Waals surface area (Å²) >= 11 is 0. The zero-order valence-electron chi connectivity index (χ0n) is 15.1. The lowest BCUT2D eigenvalue weighted by atomic mass is 9.80. The topological polar surface area (TPSA) is 81.7 Å². The number of piperidine rings is 1. The van der Waals surface area contributed by atoms with Crippen LogP contribution in [0.2, 0.25) is 0 Å². The number of rotatable bonds is 4. The van der Waals surface area contributed by atoms with Crippen LogP contribution in [0.3, 0.4) is 0 Å². The third-order valence-electron chi connectivity index (χ3n) is 5.62. The Bertz CT molecular complexity index is 690. The molecule has 3 N–H and O–H groups in total. The van der Waals surface area contributed by atoms with E-state index >= 15 is 0 Å². The molecule has 0 unspecified atom stereocenters. The number of carbonyl (C=O) groups excluding carboxylic acids is 2. The average Bonchev–Trinajstić information content (AvgIpc) is 2.83. The van der Waals surface area contributed by atoms with Crippen molar-refractivity contribution < 1.29 is 14.7 Å². The van der Waals surface area contributed by atoms with Gasteiger partial charge in [0.2, 0.25) is 0 Å². The summed E-state index contributed by atoms with van der Waals surface area (Å²) in [6.45, 7) is 7.94. The monoisotopic (exact) mass is 345 g/mol. The van der Waals surface area contributed by atoms with Crippen molar-refractivity contribution in [1.82, 2.24) is 15.5 Å². The number of imide groups is 1. The van der Waals surface area contributed by atoms with Crippen molar-refractivity contribution in [1.29, 1.82) is 0 Å². The van der Waals surface area contributed by atoms with Gasteiger partial charge in [-0.05, 0) is 51.3 Å². The van der Waals surface area contributed by atoms with Gasteiger partial charge in [-0.2, -0.15) is 0 Å². The summed E-state index contributed by atoms with van der Waals surface area (Å²) in [5, 5.41) is 15.8. The van der Waals surface area contributed by atoms with Crippen LogP contribution < -0.4 is 10.6 Å². The van der Waals surface area contributed by atoms with Gasteiger partial charge in [0, 0.05) is 19.0 Å². The van der Waals surface area contributed by atoms with Gasteiger partial charge in [0.05, 0.1) is 6.10 Å². The Kier molecular flexibility index (Phi) is 4.84. The molecule has 1 aromatic carbocycles. The van der Waals surface area contributed by atoms with Crippen molar-refractivity contribution in [3.8, 4) is 0 Å². The summed E-state index contributed by atoms with van der Waals surface area (Å²) in [7, 11) is 0. The van der Waals surface area contributed by atoms with Crippen LogP contribution >= 0.6 is 0 Å². The number of β-amino-alcohol motifs (C(OH)–C–C–N with tert-alkyl or cyclic N) is 1. The molecule has 3 rings (SSSR count). The molecule has 0 spiro atoms. The molecule has 3 atom stereocenters. The Balaban J connectivity index is 1.68. The molecule has 2 saturated heterocycles. The molecule has 25 heavy (non-hydrogen) atoms. The van der Waals surface area contributed by atoms with Gasteiger partial charge >= 0.3 is 6.03 Å². The first kappa shape index (κ1) is 17.9. The number of hydrogen-bond acceptors (Lipinski definition) is 4. The number of aliphatic hydroxyl groups is 1. The van der Waals surface area contributed by atoms with Gasteiger partial charge < -0.3 is 15.3 Å². The van der Waals surface area contributed by atoms with Crippen LogP contribution in [0.25, 0.3) is 0 Å². The largest absolute Gasteiger partial charge is 0.387 e. The molecular weight excluding hydrogens is 318 g/mol. The van der Waals surface area contributed by atoms with E-state index in [9.17, 15) is 14.7 Å². The predicted molar refractivity (Wildman–Crippen MR) is 95.1 cm³/mol. The van der Waals surface area contributed by atoms with E-state index in [1.165, 1.54) is 0 Å². The first-order valence-electron chi connectivity index (χ1n) is 8.91. The summed E-state index contributed by atoms with van der Waals surface area (Å²) in [6.07, 6.45) is 1.28. The highest BCUT2D eigenvalue weighted by molar-refractivity contribution is 6.06. The Morgan fingerprint density at radius 2 is 2.12 bits per heavy atom. The molecule has 6 heteroatoms. The first-order valence-corrected chi connectivity index (χ1v) is 8.91. The van der Waals surface area contributed by atoms with E-state index in [0.717, 1.165) is 36.1 Å². The lowest BCUT2D eigenvalue weighted by Crippen LogP contribution is -2.56. The van der Waals surface area contributed by atoms with Gasteiger partial charge in [0.1, 0.15) is 5.54 Å². The number of amides is 3. The molecule has 1 aromatic rings. The molecule has 0 radical (unpaired) electrons. The van der Waals surface area contributed by atoms with Gasteiger partial charge in [-0.15, -0.1) is 0 Å². The molecule has 2 heterocycles. The average molecular weight is 345 g/mol. The van der Waals surface area contributed by atoms with Gasteiger partial charge in [-0.1, -0.05) is 23.8 Å². The molecular formula is C19H27N3O3. The van der Waals surface area contributed by atoms with Crippen molar-refractivity contribution in [2.75, 3.05) is 19.6 Å². The second kappa shape index (κ2) is 6.77. The van der Waals surface area contributed by atoms with Crippen molar-refractivity contribution in [2.24, 2.45) is 5.92 Å².